The summed E-state index contributed by atoms with van der Waals surface area (Å²) in [6, 6.07) is 0.489. The summed E-state index contributed by atoms with van der Waals surface area (Å²) < 4.78 is 24.9. The second-order valence-corrected chi connectivity index (χ2v) is 6.50. The van der Waals surface area contributed by atoms with E-state index in [1.807, 2.05) is 0 Å². The minimum atomic E-state index is -3.11. The fourth-order valence-corrected chi connectivity index (χ4v) is 3.48. The maximum absolute atomic E-state index is 11.7. The first kappa shape index (κ1) is 13.2. The number of rotatable bonds is 4. The Kier molecular flexibility index (Phi) is 4.83. The molecule has 15 heavy (non-hydrogen) atoms. The average molecular weight is 255 g/mol. The van der Waals surface area contributed by atoms with Crippen LogP contribution in [0.5, 0.6) is 0 Å². The number of hydrogen-bond acceptors (Lipinski definition) is 3. The first-order valence-corrected chi connectivity index (χ1v) is 7.39. The molecule has 0 saturated carbocycles. The van der Waals surface area contributed by atoms with Gasteiger partial charge in [0, 0.05) is 38.1 Å². The molecule has 4 nitrogen and oxygen atoms in total. The topological polar surface area (TPSA) is 40.6 Å². The second kappa shape index (κ2) is 5.48. The highest BCUT2D eigenvalue weighted by Gasteiger charge is 2.26. The molecule has 0 unspecified atom stereocenters. The number of piperazine rings is 1. The van der Waals surface area contributed by atoms with Crippen LogP contribution in [0.3, 0.4) is 0 Å². The van der Waals surface area contributed by atoms with Crippen molar-refractivity contribution in [3.8, 4) is 0 Å². The van der Waals surface area contributed by atoms with Crippen LogP contribution in [-0.2, 0) is 10.0 Å². The maximum atomic E-state index is 11.7. The van der Waals surface area contributed by atoms with Gasteiger partial charge in [0.1, 0.15) is 0 Å². The van der Waals surface area contributed by atoms with E-state index in [-0.39, 0.29) is 11.6 Å². The maximum Gasteiger partial charge on any atom is 0.215 e. The summed E-state index contributed by atoms with van der Waals surface area (Å²) in [4.78, 5) is 2.28. The number of sulfonamides is 1. The lowest BCUT2D eigenvalue weighted by Gasteiger charge is -2.36. The summed E-state index contributed by atoms with van der Waals surface area (Å²) in [7, 11) is -3.11. The number of nitrogens with zero attached hydrogens (tertiary/aromatic N) is 2. The van der Waals surface area contributed by atoms with Crippen LogP contribution in [0.25, 0.3) is 0 Å². The van der Waals surface area contributed by atoms with Crippen LogP contribution in [0.15, 0.2) is 0 Å². The molecular weight excluding hydrogens is 236 g/mol. The zero-order valence-corrected chi connectivity index (χ0v) is 10.9. The zero-order valence-electron chi connectivity index (χ0n) is 9.32. The standard InChI is InChI=1S/C9H19ClN2O2S/c1-9(2)11-4-6-12(7-5-11)15(13,14)8-3-10/h9H,3-8H2,1-2H3. The van der Waals surface area contributed by atoms with E-state index in [1.54, 1.807) is 4.31 Å². The molecule has 0 radical (unpaired) electrons. The lowest BCUT2D eigenvalue weighted by Crippen LogP contribution is -2.51. The first-order valence-electron chi connectivity index (χ1n) is 5.25. The Hall–Kier alpha value is 0.160. The van der Waals surface area contributed by atoms with Crippen LogP contribution in [0.1, 0.15) is 13.8 Å². The van der Waals surface area contributed by atoms with Crippen LogP contribution in [-0.4, -0.2) is 61.5 Å². The third kappa shape index (κ3) is 3.59. The molecule has 0 aromatic carbocycles. The van der Waals surface area contributed by atoms with Gasteiger partial charge in [-0.3, -0.25) is 4.90 Å². The van der Waals surface area contributed by atoms with Crippen LogP contribution in [0.2, 0.25) is 0 Å². The Morgan fingerprint density at radius 2 is 1.73 bits per heavy atom. The van der Waals surface area contributed by atoms with Crippen molar-refractivity contribution >= 4 is 21.6 Å². The molecular formula is C9H19ClN2O2S. The van der Waals surface area contributed by atoms with Crippen LogP contribution in [0, 0.1) is 0 Å². The third-order valence-electron chi connectivity index (χ3n) is 2.73. The van der Waals surface area contributed by atoms with Crippen molar-refractivity contribution in [2.45, 2.75) is 19.9 Å². The normalized spacial score (nSPS) is 21.1. The van der Waals surface area contributed by atoms with E-state index in [0.717, 1.165) is 13.1 Å². The van der Waals surface area contributed by atoms with E-state index in [0.29, 0.717) is 19.1 Å². The molecule has 0 atom stereocenters. The van der Waals surface area contributed by atoms with Crippen LogP contribution < -0.4 is 0 Å². The highest BCUT2D eigenvalue weighted by Crippen LogP contribution is 2.10. The van der Waals surface area contributed by atoms with Gasteiger partial charge in [0.2, 0.25) is 10.0 Å². The molecule has 1 fully saturated rings. The predicted molar refractivity (Wildman–Crippen MR) is 62.8 cm³/mol. The van der Waals surface area contributed by atoms with E-state index >= 15 is 0 Å². The van der Waals surface area contributed by atoms with Gasteiger partial charge in [-0.15, -0.1) is 11.6 Å². The fraction of sp³-hybridized carbons (Fsp3) is 1.00. The number of halogens is 1. The second-order valence-electron chi connectivity index (χ2n) is 4.03. The van der Waals surface area contributed by atoms with Crippen LogP contribution in [0.4, 0.5) is 0 Å². The van der Waals surface area contributed by atoms with Crippen molar-refractivity contribution in [3.05, 3.63) is 0 Å². The summed E-state index contributed by atoms with van der Waals surface area (Å²) in [6.45, 7) is 7.08. The molecule has 0 aromatic rings. The zero-order chi connectivity index (χ0) is 11.5. The third-order valence-corrected chi connectivity index (χ3v) is 5.02. The lowest BCUT2D eigenvalue weighted by molar-refractivity contribution is 0.154. The summed E-state index contributed by atoms with van der Waals surface area (Å²) in [6.07, 6.45) is 0. The molecule has 0 amide bonds. The van der Waals surface area contributed by atoms with Gasteiger partial charge in [-0.25, -0.2) is 8.42 Å². The van der Waals surface area contributed by atoms with Crippen molar-refractivity contribution in [2.75, 3.05) is 37.8 Å². The van der Waals surface area contributed by atoms with Gasteiger partial charge in [0.15, 0.2) is 0 Å². The van der Waals surface area contributed by atoms with E-state index < -0.39 is 10.0 Å². The monoisotopic (exact) mass is 254 g/mol. The molecule has 6 heteroatoms. The van der Waals surface area contributed by atoms with Gasteiger partial charge in [0.05, 0.1) is 5.75 Å². The fourth-order valence-electron chi connectivity index (χ4n) is 1.72. The lowest BCUT2D eigenvalue weighted by atomic mass is 10.3. The summed E-state index contributed by atoms with van der Waals surface area (Å²) in [5.74, 6) is 0.225. The highest BCUT2D eigenvalue weighted by molar-refractivity contribution is 7.89. The molecule has 90 valence electrons. The molecule has 1 heterocycles. The van der Waals surface area contributed by atoms with E-state index in [2.05, 4.69) is 18.7 Å². The summed E-state index contributed by atoms with van der Waals surface area (Å²) >= 11 is 5.47. The van der Waals surface area contributed by atoms with Crippen molar-refractivity contribution in [1.29, 1.82) is 0 Å². The van der Waals surface area contributed by atoms with E-state index in [4.69, 9.17) is 11.6 Å². The Balaban J connectivity index is 2.50. The Labute approximate surface area is 97.2 Å². The SMILES string of the molecule is CC(C)N1CCN(S(=O)(=O)CCCl)CC1. The summed E-state index contributed by atoms with van der Waals surface area (Å²) in [5, 5.41) is 0. The van der Waals surface area contributed by atoms with Crippen molar-refractivity contribution < 1.29 is 8.42 Å². The predicted octanol–water partition coefficient (Wildman–Crippen LogP) is 0.581. The van der Waals surface area contributed by atoms with Crippen LogP contribution >= 0.6 is 11.6 Å². The Morgan fingerprint density at radius 1 is 1.20 bits per heavy atom. The quantitative estimate of drug-likeness (QED) is 0.690. The minimum absolute atomic E-state index is 0.0518. The largest absolute Gasteiger partial charge is 0.298 e. The van der Waals surface area contributed by atoms with Gasteiger partial charge < -0.3 is 0 Å². The minimum Gasteiger partial charge on any atom is -0.298 e. The highest BCUT2D eigenvalue weighted by atomic mass is 35.5. The summed E-state index contributed by atoms with van der Waals surface area (Å²) in [5.41, 5.74) is 0. The molecule has 0 N–H and O–H groups in total. The smallest absolute Gasteiger partial charge is 0.215 e. The number of alkyl halides is 1. The van der Waals surface area contributed by atoms with Gasteiger partial charge >= 0.3 is 0 Å². The van der Waals surface area contributed by atoms with E-state index in [1.165, 1.54) is 0 Å². The molecule has 0 bridgehead atoms. The number of hydrogen-bond donors (Lipinski definition) is 0. The van der Waals surface area contributed by atoms with Crippen molar-refractivity contribution in [3.63, 3.8) is 0 Å². The van der Waals surface area contributed by atoms with Crippen molar-refractivity contribution in [2.24, 2.45) is 0 Å². The molecule has 1 aliphatic rings. The van der Waals surface area contributed by atoms with Gasteiger partial charge in [0.25, 0.3) is 0 Å². The molecule has 0 aromatic heterocycles. The molecule has 1 saturated heterocycles. The van der Waals surface area contributed by atoms with Gasteiger partial charge in [-0.1, -0.05) is 0 Å². The van der Waals surface area contributed by atoms with E-state index in [9.17, 15) is 8.42 Å². The molecule has 1 rings (SSSR count). The van der Waals surface area contributed by atoms with Gasteiger partial charge in [-0.05, 0) is 13.8 Å². The Morgan fingerprint density at radius 3 is 2.13 bits per heavy atom. The molecule has 1 aliphatic heterocycles. The van der Waals surface area contributed by atoms with Gasteiger partial charge in [-0.2, -0.15) is 4.31 Å². The first-order chi connectivity index (χ1) is 6.97. The Bertz CT molecular complexity index is 284. The average Bonchev–Trinajstić information content (AvgIpc) is 2.18. The molecule has 0 spiro atoms. The van der Waals surface area contributed by atoms with Crippen molar-refractivity contribution in [1.82, 2.24) is 9.21 Å². The molecule has 0 aliphatic carbocycles.